The van der Waals surface area contributed by atoms with Crippen molar-refractivity contribution in [1.29, 1.82) is 0 Å². The zero-order valence-electron chi connectivity index (χ0n) is 13.8. The molecule has 5 nitrogen and oxygen atoms in total. The maximum absolute atomic E-state index is 12.8. The second-order valence-corrected chi connectivity index (χ2v) is 5.40. The van der Waals surface area contributed by atoms with Gasteiger partial charge in [0.15, 0.2) is 5.78 Å². The van der Waals surface area contributed by atoms with Gasteiger partial charge in [-0.05, 0) is 48.9 Å². The van der Waals surface area contributed by atoms with Gasteiger partial charge in [-0.3, -0.25) is 9.59 Å². The summed E-state index contributed by atoms with van der Waals surface area (Å²) in [6, 6.07) is 11.7. The van der Waals surface area contributed by atoms with Crippen LogP contribution in [0.4, 0.5) is 10.1 Å². The second-order valence-electron chi connectivity index (χ2n) is 5.40. The number of carbonyl (C=O) groups is 3. The van der Waals surface area contributed by atoms with E-state index in [2.05, 4.69) is 10.1 Å². The largest absolute Gasteiger partial charge is 0.465 e. The molecule has 0 bridgehead atoms. The number of methoxy groups -OCH3 is 1. The van der Waals surface area contributed by atoms with E-state index in [1.807, 2.05) is 0 Å². The van der Waals surface area contributed by atoms with Gasteiger partial charge < -0.3 is 10.1 Å². The van der Waals surface area contributed by atoms with Crippen LogP contribution in [0.5, 0.6) is 0 Å². The van der Waals surface area contributed by atoms with Crippen LogP contribution in [-0.4, -0.2) is 24.8 Å². The number of halogens is 1. The third-order valence-electron chi connectivity index (χ3n) is 3.54. The number of esters is 1. The van der Waals surface area contributed by atoms with E-state index in [0.717, 1.165) is 0 Å². The van der Waals surface area contributed by atoms with Crippen LogP contribution in [0.1, 0.15) is 40.0 Å². The fraction of sp³-hybridized carbons (Fsp3) is 0.211. The summed E-state index contributed by atoms with van der Waals surface area (Å²) in [5, 5.41) is 2.67. The van der Waals surface area contributed by atoms with Crippen LogP contribution in [0.2, 0.25) is 0 Å². The van der Waals surface area contributed by atoms with Crippen molar-refractivity contribution >= 4 is 23.3 Å². The summed E-state index contributed by atoms with van der Waals surface area (Å²) < 4.78 is 17.4. The molecule has 0 radical (unpaired) electrons. The summed E-state index contributed by atoms with van der Waals surface area (Å²) >= 11 is 0. The molecule has 1 amide bonds. The highest BCUT2D eigenvalue weighted by Gasteiger charge is 2.10. The van der Waals surface area contributed by atoms with Crippen LogP contribution in [0.25, 0.3) is 0 Å². The molecule has 0 saturated heterocycles. The molecule has 0 unspecified atom stereocenters. The van der Waals surface area contributed by atoms with Crippen LogP contribution in [-0.2, 0) is 9.53 Å². The molecule has 0 heterocycles. The summed E-state index contributed by atoms with van der Waals surface area (Å²) in [5.41, 5.74) is 1.25. The molecule has 0 fully saturated rings. The van der Waals surface area contributed by atoms with Crippen LogP contribution >= 0.6 is 0 Å². The van der Waals surface area contributed by atoms with Crippen molar-refractivity contribution in [3.8, 4) is 0 Å². The molecule has 2 aromatic rings. The number of hydrogen-bond donors (Lipinski definition) is 1. The van der Waals surface area contributed by atoms with Gasteiger partial charge in [0.2, 0.25) is 5.91 Å². The predicted octanol–water partition coefficient (Wildman–Crippen LogP) is 3.60. The van der Waals surface area contributed by atoms with Gasteiger partial charge in [-0.1, -0.05) is 6.07 Å². The van der Waals surface area contributed by atoms with Crippen molar-refractivity contribution in [2.45, 2.75) is 19.3 Å². The van der Waals surface area contributed by atoms with E-state index in [4.69, 9.17) is 0 Å². The number of rotatable bonds is 7. The molecule has 2 rings (SSSR count). The Balaban J connectivity index is 1.82. The third-order valence-corrected chi connectivity index (χ3v) is 3.54. The second kappa shape index (κ2) is 8.73. The lowest BCUT2D eigenvalue weighted by molar-refractivity contribution is -0.116. The number of nitrogens with one attached hydrogen (secondary N) is 1. The summed E-state index contributed by atoms with van der Waals surface area (Å²) in [5.74, 6) is -1.28. The fourth-order valence-electron chi connectivity index (χ4n) is 2.25. The summed E-state index contributed by atoms with van der Waals surface area (Å²) in [6.45, 7) is 0. The fourth-order valence-corrected chi connectivity index (χ4v) is 2.25. The Morgan fingerprint density at radius 3 is 2.40 bits per heavy atom. The number of anilines is 1. The Kier molecular flexibility index (Phi) is 6.39. The van der Waals surface area contributed by atoms with E-state index < -0.39 is 11.8 Å². The molecule has 1 N–H and O–H groups in total. The van der Waals surface area contributed by atoms with Crippen molar-refractivity contribution in [1.82, 2.24) is 0 Å². The Morgan fingerprint density at radius 1 is 1.00 bits per heavy atom. The van der Waals surface area contributed by atoms with Crippen molar-refractivity contribution in [2.24, 2.45) is 0 Å². The van der Waals surface area contributed by atoms with Crippen LogP contribution in [0.3, 0.4) is 0 Å². The Labute approximate surface area is 144 Å². The molecule has 0 aromatic heterocycles. The topological polar surface area (TPSA) is 72.5 Å². The molecule has 130 valence electrons. The number of ether oxygens (including phenoxy) is 1. The van der Waals surface area contributed by atoms with E-state index in [0.29, 0.717) is 23.2 Å². The van der Waals surface area contributed by atoms with Gasteiger partial charge in [-0.15, -0.1) is 0 Å². The first-order valence-corrected chi connectivity index (χ1v) is 7.76. The number of Topliss-reactive ketones (excluding diaryl/α,β-unsaturated/α-hetero) is 1. The smallest absolute Gasteiger partial charge is 0.337 e. The molecule has 0 spiro atoms. The van der Waals surface area contributed by atoms with E-state index in [-0.39, 0.29) is 24.5 Å². The molecule has 0 aliphatic heterocycles. The van der Waals surface area contributed by atoms with Crippen molar-refractivity contribution < 1.29 is 23.5 Å². The van der Waals surface area contributed by atoms with Crippen LogP contribution < -0.4 is 5.32 Å². The first-order chi connectivity index (χ1) is 12.0. The van der Waals surface area contributed by atoms with Gasteiger partial charge >= 0.3 is 5.97 Å². The Morgan fingerprint density at radius 2 is 1.72 bits per heavy atom. The van der Waals surface area contributed by atoms with Gasteiger partial charge in [-0.25, -0.2) is 9.18 Å². The molecular formula is C19H18FNO4. The monoisotopic (exact) mass is 343 g/mol. The van der Waals surface area contributed by atoms with Gasteiger partial charge in [0.05, 0.1) is 12.7 Å². The predicted molar refractivity (Wildman–Crippen MR) is 91.0 cm³/mol. The number of hydrogen-bond acceptors (Lipinski definition) is 4. The average molecular weight is 343 g/mol. The van der Waals surface area contributed by atoms with Gasteiger partial charge in [0, 0.05) is 24.1 Å². The lowest BCUT2D eigenvalue weighted by atomic mass is 10.1. The number of amides is 1. The minimum atomic E-state index is -0.485. The SMILES string of the molecule is COC(=O)c1cccc(NC(=O)CCCC(=O)c2ccc(F)cc2)c1. The summed E-state index contributed by atoms with van der Waals surface area (Å²) in [4.78, 5) is 35.3. The Bertz CT molecular complexity index is 771. The third kappa shape index (κ3) is 5.53. The van der Waals surface area contributed by atoms with Crippen LogP contribution in [0, 0.1) is 5.82 Å². The molecule has 0 aliphatic rings. The van der Waals surface area contributed by atoms with Crippen LogP contribution in [0.15, 0.2) is 48.5 Å². The van der Waals surface area contributed by atoms with E-state index in [9.17, 15) is 18.8 Å². The van der Waals surface area contributed by atoms with Crippen molar-refractivity contribution in [3.63, 3.8) is 0 Å². The highest BCUT2D eigenvalue weighted by Crippen LogP contribution is 2.13. The summed E-state index contributed by atoms with van der Waals surface area (Å²) in [7, 11) is 1.28. The quantitative estimate of drug-likeness (QED) is 0.616. The maximum Gasteiger partial charge on any atom is 0.337 e. The maximum atomic E-state index is 12.8. The molecule has 6 heteroatoms. The number of carbonyl (C=O) groups excluding carboxylic acids is 3. The minimum Gasteiger partial charge on any atom is -0.465 e. The van der Waals surface area contributed by atoms with Gasteiger partial charge in [-0.2, -0.15) is 0 Å². The minimum absolute atomic E-state index is 0.138. The normalized spacial score (nSPS) is 10.2. The average Bonchev–Trinajstić information content (AvgIpc) is 2.61. The lowest BCUT2D eigenvalue weighted by Crippen LogP contribution is -2.12. The molecule has 0 atom stereocenters. The number of benzene rings is 2. The van der Waals surface area contributed by atoms with Gasteiger partial charge in [0.25, 0.3) is 0 Å². The zero-order chi connectivity index (χ0) is 18.2. The molecule has 0 saturated carbocycles. The molecular weight excluding hydrogens is 325 g/mol. The molecule has 0 aliphatic carbocycles. The first kappa shape index (κ1) is 18.3. The highest BCUT2D eigenvalue weighted by molar-refractivity contribution is 5.97. The van der Waals surface area contributed by atoms with E-state index >= 15 is 0 Å². The lowest BCUT2D eigenvalue weighted by Gasteiger charge is -2.07. The van der Waals surface area contributed by atoms with E-state index in [1.165, 1.54) is 37.4 Å². The standard InChI is InChI=1S/C19H18FNO4/c1-25-19(24)14-4-2-5-16(12-14)21-18(23)7-3-6-17(22)13-8-10-15(20)11-9-13/h2,4-5,8-12H,3,6-7H2,1H3,(H,21,23). The van der Waals surface area contributed by atoms with Crippen molar-refractivity contribution in [2.75, 3.05) is 12.4 Å². The molecule has 25 heavy (non-hydrogen) atoms. The van der Waals surface area contributed by atoms with Crippen molar-refractivity contribution in [3.05, 3.63) is 65.5 Å². The molecule has 2 aromatic carbocycles. The first-order valence-electron chi connectivity index (χ1n) is 7.76. The highest BCUT2D eigenvalue weighted by atomic mass is 19.1. The zero-order valence-corrected chi connectivity index (χ0v) is 13.8. The summed E-state index contributed by atoms with van der Waals surface area (Å²) in [6.07, 6.45) is 0.732. The Hall–Kier alpha value is -3.02. The number of ketones is 1. The van der Waals surface area contributed by atoms with Gasteiger partial charge in [0.1, 0.15) is 5.82 Å². The van der Waals surface area contributed by atoms with E-state index in [1.54, 1.807) is 18.2 Å².